The fraction of sp³-hybridized carbons (Fsp3) is 0.462. The van der Waals surface area contributed by atoms with E-state index in [9.17, 15) is 14.0 Å². The summed E-state index contributed by atoms with van der Waals surface area (Å²) in [5.74, 6) is -2.53. The van der Waals surface area contributed by atoms with E-state index in [0.29, 0.717) is 13.0 Å². The molecule has 1 aromatic rings. The van der Waals surface area contributed by atoms with Crippen LogP contribution in [0, 0.1) is 5.82 Å². The molecule has 1 aliphatic rings. The Bertz CT molecular complexity index is 536. The van der Waals surface area contributed by atoms with E-state index >= 15 is 0 Å². The van der Waals surface area contributed by atoms with Crippen molar-refractivity contribution >= 4 is 17.7 Å². The molecule has 7 heteroatoms. The topological polar surface area (TPSA) is 82.5 Å². The van der Waals surface area contributed by atoms with Crippen molar-refractivity contribution in [3.8, 4) is 0 Å². The van der Waals surface area contributed by atoms with Crippen LogP contribution >= 0.6 is 0 Å². The smallest absolute Gasteiger partial charge is 0.338 e. The number of hydrogen-bond donors (Lipinski definition) is 2. The molecule has 1 aromatic heterocycles. The van der Waals surface area contributed by atoms with Crippen LogP contribution in [0.5, 0.6) is 0 Å². The zero-order valence-electron chi connectivity index (χ0n) is 11.1. The number of carbonyl (C=O) groups excluding carboxylic acids is 1. The maximum atomic E-state index is 14.2. The number of likely N-dealkylation sites (N-methyl/N-ethyl adjacent to an activating group) is 1. The molecule has 1 unspecified atom stereocenters. The summed E-state index contributed by atoms with van der Waals surface area (Å²) in [6, 6.07) is 0.597. The number of piperidine rings is 1. The van der Waals surface area contributed by atoms with Crippen molar-refractivity contribution < 1.29 is 19.1 Å². The van der Waals surface area contributed by atoms with Gasteiger partial charge in [-0.05, 0) is 25.3 Å². The second-order valence-electron chi connectivity index (χ2n) is 4.62. The van der Waals surface area contributed by atoms with E-state index in [-0.39, 0.29) is 11.7 Å². The molecule has 0 aromatic carbocycles. The lowest BCUT2D eigenvalue weighted by Gasteiger charge is -2.35. The third kappa shape index (κ3) is 2.56. The van der Waals surface area contributed by atoms with Gasteiger partial charge in [-0.1, -0.05) is 0 Å². The minimum Gasteiger partial charge on any atom is -0.478 e. The van der Waals surface area contributed by atoms with Crippen molar-refractivity contribution in [2.45, 2.75) is 25.3 Å². The van der Waals surface area contributed by atoms with Crippen LogP contribution < -0.4 is 10.2 Å². The molecule has 1 saturated heterocycles. The summed E-state index contributed by atoms with van der Waals surface area (Å²) in [6.45, 7) is 0.477. The summed E-state index contributed by atoms with van der Waals surface area (Å²) in [5.41, 5.74) is -0.434. The number of hydrogen-bond acceptors (Lipinski definition) is 4. The number of carboxylic acid groups (broad SMARTS) is 1. The molecule has 1 atom stereocenters. The quantitative estimate of drug-likeness (QED) is 0.864. The predicted molar refractivity (Wildman–Crippen MR) is 70.2 cm³/mol. The van der Waals surface area contributed by atoms with Gasteiger partial charge in [-0.25, -0.2) is 14.2 Å². The van der Waals surface area contributed by atoms with Gasteiger partial charge in [0.05, 0.1) is 0 Å². The Morgan fingerprint density at radius 3 is 2.90 bits per heavy atom. The molecular formula is C13H16FN3O3. The predicted octanol–water partition coefficient (Wildman–Crippen LogP) is 1.02. The third-order valence-corrected chi connectivity index (χ3v) is 3.43. The first-order valence-corrected chi connectivity index (χ1v) is 6.42. The Labute approximate surface area is 115 Å². The number of aromatic carboxylic acids is 1. The summed E-state index contributed by atoms with van der Waals surface area (Å²) in [7, 11) is 1.52. The lowest BCUT2D eigenvalue weighted by Crippen LogP contribution is -2.49. The number of aromatic nitrogens is 1. The van der Waals surface area contributed by atoms with Crippen molar-refractivity contribution in [1.82, 2.24) is 10.3 Å². The number of amides is 1. The summed E-state index contributed by atoms with van der Waals surface area (Å²) in [4.78, 5) is 28.3. The van der Waals surface area contributed by atoms with E-state index in [4.69, 9.17) is 5.11 Å². The van der Waals surface area contributed by atoms with E-state index in [1.165, 1.54) is 13.2 Å². The second kappa shape index (κ2) is 5.85. The average Bonchev–Trinajstić information content (AvgIpc) is 2.46. The highest BCUT2D eigenvalue weighted by Gasteiger charge is 2.31. The van der Waals surface area contributed by atoms with Gasteiger partial charge in [0.1, 0.15) is 11.6 Å². The van der Waals surface area contributed by atoms with Gasteiger partial charge in [0.2, 0.25) is 5.91 Å². The molecule has 2 N–H and O–H groups in total. The van der Waals surface area contributed by atoms with Gasteiger partial charge >= 0.3 is 5.97 Å². The number of pyridine rings is 1. The highest BCUT2D eigenvalue weighted by molar-refractivity contribution is 5.89. The molecule has 108 valence electrons. The second-order valence-corrected chi connectivity index (χ2v) is 4.62. The first-order chi connectivity index (χ1) is 9.56. The van der Waals surface area contributed by atoms with Crippen LogP contribution in [-0.4, -0.2) is 41.6 Å². The molecule has 1 fully saturated rings. The molecule has 6 nitrogen and oxygen atoms in total. The number of nitrogens with zero attached hydrogens (tertiary/aromatic N) is 2. The van der Waals surface area contributed by atoms with Crippen LogP contribution in [-0.2, 0) is 4.79 Å². The zero-order valence-corrected chi connectivity index (χ0v) is 11.1. The standard InChI is InChI=1S/C13H16FN3O3/c1-15-12(18)9-4-2-3-7-17(9)11-10(14)8(13(19)20)5-6-16-11/h5-6,9H,2-4,7H2,1H3,(H,15,18)(H,19,20). The monoisotopic (exact) mass is 281 g/mol. The maximum Gasteiger partial charge on any atom is 0.338 e. The lowest BCUT2D eigenvalue weighted by molar-refractivity contribution is -0.122. The van der Waals surface area contributed by atoms with Crippen LogP contribution in [0.4, 0.5) is 10.2 Å². The van der Waals surface area contributed by atoms with Gasteiger partial charge in [-0.3, -0.25) is 4.79 Å². The molecule has 2 rings (SSSR count). The number of rotatable bonds is 3. The van der Waals surface area contributed by atoms with Gasteiger partial charge in [-0.15, -0.1) is 0 Å². The fourth-order valence-corrected chi connectivity index (χ4v) is 2.42. The summed E-state index contributed by atoms with van der Waals surface area (Å²) in [6.07, 6.45) is 3.52. The number of carbonyl (C=O) groups is 2. The van der Waals surface area contributed by atoms with Crippen LogP contribution in [0.1, 0.15) is 29.6 Å². The number of nitrogens with one attached hydrogen (secondary N) is 1. The minimum absolute atomic E-state index is 0.0711. The molecule has 0 radical (unpaired) electrons. The van der Waals surface area contributed by atoms with Gasteiger partial charge in [0, 0.05) is 19.8 Å². The van der Waals surface area contributed by atoms with E-state index in [2.05, 4.69) is 10.3 Å². The lowest BCUT2D eigenvalue weighted by atomic mass is 10.0. The molecule has 20 heavy (non-hydrogen) atoms. The number of anilines is 1. The van der Waals surface area contributed by atoms with Crippen molar-refractivity contribution in [2.75, 3.05) is 18.5 Å². The third-order valence-electron chi connectivity index (χ3n) is 3.43. The molecule has 2 heterocycles. The van der Waals surface area contributed by atoms with Crippen molar-refractivity contribution in [3.63, 3.8) is 0 Å². The van der Waals surface area contributed by atoms with Crippen molar-refractivity contribution in [1.29, 1.82) is 0 Å². The SMILES string of the molecule is CNC(=O)C1CCCCN1c1nccc(C(=O)O)c1F. The first-order valence-electron chi connectivity index (χ1n) is 6.42. The summed E-state index contributed by atoms with van der Waals surface area (Å²) >= 11 is 0. The minimum atomic E-state index is -1.35. The molecule has 1 amide bonds. The normalized spacial score (nSPS) is 18.7. The molecule has 0 bridgehead atoms. The average molecular weight is 281 g/mol. The fourth-order valence-electron chi connectivity index (χ4n) is 2.42. The number of carboxylic acids is 1. The van der Waals surface area contributed by atoms with E-state index in [0.717, 1.165) is 18.9 Å². The summed E-state index contributed by atoms with van der Waals surface area (Å²) in [5, 5.41) is 11.5. The van der Waals surface area contributed by atoms with E-state index < -0.39 is 23.4 Å². The molecule has 0 saturated carbocycles. The zero-order chi connectivity index (χ0) is 14.7. The first kappa shape index (κ1) is 14.2. The van der Waals surface area contributed by atoms with Crippen molar-refractivity contribution in [2.24, 2.45) is 0 Å². The Kier molecular flexibility index (Phi) is 4.16. The van der Waals surface area contributed by atoms with E-state index in [1.807, 2.05) is 0 Å². The van der Waals surface area contributed by atoms with Gasteiger partial charge in [0.25, 0.3) is 0 Å². The van der Waals surface area contributed by atoms with Crippen LogP contribution in [0.2, 0.25) is 0 Å². The van der Waals surface area contributed by atoms with Crippen LogP contribution in [0.3, 0.4) is 0 Å². The Hall–Kier alpha value is -2.18. The van der Waals surface area contributed by atoms with Gasteiger partial charge in [-0.2, -0.15) is 0 Å². The van der Waals surface area contributed by atoms with Gasteiger partial charge in [0.15, 0.2) is 11.6 Å². The molecular weight excluding hydrogens is 265 g/mol. The Morgan fingerprint density at radius 2 is 2.25 bits per heavy atom. The van der Waals surface area contributed by atoms with Crippen LogP contribution in [0.15, 0.2) is 12.3 Å². The van der Waals surface area contributed by atoms with Crippen molar-refractivity contribution in [3.05, 3.63) is 23.6 Å². The highest BCUT2D eigenvalue weighted by Crippen LogP contribution is 2.27. The van der Waals surface area contributed by atoms with Crippen LogP contribution in [0.25, 0.3) is 0 Å². The molecule has 1 aliphatic heterocycles. The molecule has 0 aliphatic carbocycles. The van der Waals surface area contributed by atoms with E-state index in [1.54, 1.807) is 4.90 Å². The highest BCUT2D eigenvalue weighted by atomic mass is 19.1. The maximum absolute atomic E-state index is 14.2. The Morgan fingerprint density at radius 1 is 1.50 bits per heavy atom. The Balaban J connectivity index is 2.40. The molecule has 0 spiro atoms. The largest absolute Gasteiger partial charge is 0.478 e. The summed E-state index contributed by atoms with van der Waals surface area (Å²) < 4.78 is 14.2. The number of halogens is 1. The van der Waals surface area contributed by atoms with Gasteiger partial charge < -0.3 is 15.3 Å².